The lowest BCUT2D eigenvalue weighted by Gasteiger charge is -2.38. The van der Waals surface area contributed by atoms with E-state index < -0.39 is 0 Å². The van der Waals surface area contributed by atoms with E-state index >= 15 is 0 Å². The lowest BCUT2D eigenvalue weighted by Crippen LogP contribution is -2.57. The van der Waals surface area contributed by atoms with Gasteiger partial charge in [0, 0.05) is 12.6 Å². The van der Waals surface area contributed by atoms with E-state index in [0.717, 1.165) is 37.9 Å². The van der Waals surface area contributed by atoms with Crippen LogP contribution in [0.3, 0.4) is 0 Å². The molecular weight excluding hydrogens is 283 g/mol. The summed E-state index contributed by atoms with van der Waals surface area (Å²) in [5.41, 5.74) is 0.750. The number of rotatable bonds is 3. The van der Waals surface area contributed by atoms with Crippen LogP contribution in [-0.4, -0.2) is 30.8 Å². The van der Waals surface area contributed by atoms with E-state index in [1.54, 1.807) is 12.1 Å². The number of urea groups is 1. The summed E-state index contributed by atoms with van der Waals surface area (Å²) in [5.74, 6) is 0.145. The predicted molar refractivity (Wildman–Crippen MR) is 82.3 cm³/mol. The summed E-state index contributed by atoms with van der Waals surface area (Å²) in [6.07, 6.45) is 3.65. The number of hydrogen-bond acceptors (Lipinski definition) is 2. The quantitative estimate of drug-likeness (QED) is 0.902. The van der Waals surface area contributed by atoms with Crippen LogP contribution in [-0.2, 0) is 4.74 Å². The lowest BCUT2D eigenvalue weighted by molar-refractivity contribution is 0.0329. The highest BCUT2D eigenvalue weighted by atomic mass is 19.1. The smallest absolute Gasteiger partial charge is 0.315 e. The molecule has 2 amide bonds. The standard InChI is InChI=1S/C17H23FN2O2/c1-17(6-3-7-22-11-17)20-16(21)19-15-9-13(10-15)12-4-2-5-14(18)8-12/h2,4-5,8,13,15H,3,6-7,9-11H2,1H3,(H2,19,20,21). The number of halogens is 1. The maximum absolute atomic E-state index is 13.2. The molecule has 0 aromatic heterocycles. The first-order chi connectivity index (χ1) is 10.5. The lowest BCUT2D eigenvalue weighted by atomic mass is 9.76. The van der Waals surface area contributed by atoms with Gasteiger partial charge in [-0.1, -0.05) is 12.1 Å². The number of hydrogen-bond donors (Lipinski definition) is 2. The van der Waals surface area contributed by atoms with Gasteiger partial charge in [-0.25, -0.2) is 9.18 Å². The molecule has 1 aromatic carbocycles. The third-order valence-electron chi connectivity index (χ3n) is 4.65. The minimum absolute atomic E-state index is 0.129. The van der Waals surface area contributed by atoms with Crippen molar-refractivity contribution in [1.29, 1.82) is 0 Å². The van der Waals surface area contributed by atoms with Crippen molar-refractivity contribution in [2.75, 3.05) is 13.2 Å². The highest BCUT2D eigenvalue weighted by molar-refractivity contribution is 5.75. The summed E-state index contributed by atoms with van der Waals surface area (Å²) < 4.78 is 18.6. The Morgan fingerprint density at radius 2 is 2.23 bits per heavy atom. The number of ether oxygens (including phenoxy) is 1. The number of carbonyl (C=O) groups excluding carboxylic acids is 1. The average Bonchev–Trinajstić information content (AvgIpc) is 2.42. The van der Waals surface area contributed by atoms with Gasteiger partial charge in [0.05, 0.1) is 12.1 Å². The topological polar surface area (TPSA) is 50.4 Å². The molecule has 0 radical (unpaired) electrons. The fraction of sp³-hybridized carbons (Fsp3) is 0.588. The van der Waals surface area contributed by atoms with Crippen molar-refractivity contribution < 1.29 is 13.9 Å². The van der Waals surface area contributed by atoms with E-state index in [2.05, 4.69) is 10.6 Å². The third-order valence-corrected chi connectivity index (χ3v) is 4.65. The molecule has 1 saturated carbocycles. The fourth-order valence-electron chi connectivity index (χ4n) is 3.30. The van der Waals surface area contributed by atoms with Crippen LogP contribution in [0, 0.1) is 5.82 Å². The molecule has 1 aromatic rings. The fourth-order valence-corrected chi connectivity index (χ4v) is 3.30. The molecular formula is C17H23FN2O2. The van der Waals surface area contributed by atoms with Crippen LogP contribution in [0.2, 0.25) is 0 Å². The highest BCUT2D eigenvalue weighted by Crippen LogP contribution is 2.37. The SMILES string of the molecule is CC1(NC(=O)NC2CC(c3cccc(F)c3)C2)CCCOC1. The summed E-state index contributed by atoms with van der Waals surface area (Å²) >= 11 is 0. The Hall–Kier alpha value is -1.62. The molecule has 1 aliphatic heterocycles. The maximum Gasteiger partial charge on any atom is 0.315 e. The van der Waals surface area contributed by atoms with Crippen molar-refractivity contribution in [1.82, 2.24) is 10.6 Å². The van der Waals surface area contributed by atoms with Gasteiger partial charge in [-0.15, -0.1) is 0 Å². The Balaban J connectivity index is 1.44. The van der Waals surface area contributed by atoms with Crippen LogP contribution in [0.5, 0.6) is 0 Å². The van der Waals surface area contributed by atoms with Crippen LogP contribution in [0.25, 0.3) is 0 Å². The van der Waals surface area contributed by atoms with Crippen molar-refractivity contribution in [2.24, 2.45) is 0 Å². The Bertz CT molecular complexity index is 537. The van der Waals surface area contributed by atoms with E-state index in [9.17, 15) is 9.18 Å². The maximum atomic E-state index is 13.2. The second-order valence-corrected chi connectivity index (χ2v) is 6.74. The molecule has 1 heterocycles. The van der Waals surface area contributed by atoms with Crippen molar-refractivity contribution in [3.63, 3.8) is 0 Å². The molecule has 2 aliphatic rings. The zero-order chi connectivity index (χ0) is 15.6. The largest absolute Gasteiger partial charge is 0.379 e. The number of benzene rings is 1. The van der Waals surface area contributed by atoms with Crippen LogP contribution in [0.1, 0.15) is 44.1 Å². The summed E-state index contributed by atoms with van der Waals surface area (Å²) in [6.45, 7) is 3.36. The zero-order valence-corrected chi connectivity index (χ0v) is 12.9. The Kier molecular flexibility index (Phi) is 4.34. The second kappa shape index (κ2) is 6.24. The molecule has 0 bridgehead atoms. The van der Waals surface area contributed by atoms with Gasteiger partial charge in [-0.3, -0.25) is 0 Å². The Morgan fingerprint density at radius 1 is 1.41 bits per heavy atom. The van der Waals surface area contributed by atoms with Gasteiger partial charge in [-0.2, -0.15) is 0 Å². The molecule has 1 aliphatic carbocycles. The van der Waals surface area contributed by atoms with Crippen molar-refractivity contribution in [2.45, 2.75) is 50.1 Å². The van der Waals surface area contributed by atoms with E-state index in [1.807, 2.05) is 13.0 Å². The van der Waals surface area contributed by atoms with Crippen LogP contribution in [0.15, 0.2) is 24.3 Å². The van der Waals surface area contributed by atoms with Gasteiger partial charge in [0.2, 0.25) is 0 Å². The van der Waals surface area contributed by atoms with Crippen LogP contribution < -0.4 is 10.6 Å². The molecule has 120 valence electrons. The molecule has 22 heavy (non-hydrogen) atoms. The summed E-state index contributed by atoms with van der Waals surface area (Å²) in [6, 6.07) is 6.77. The minimum Gasteiger partial charge on any atom is -0.379 e. The van der Waals surface area contributed by atoms with Crippen molar-refractivity contribution in [3.05, 3.63) is 35.6 Å². The Labute approximate surface area is 130 Å². The first-order valence-electron chi connectivity index (χ1n) is 7.96. The zero-order valence-electron chi connectivity index (χ0n) is 12.9. The van der Waals surface area contributed by atoms with E-state index in [-0.39, 0.29) is 23.4 Å². The van der Waals surface area contributed by atoms with E-state index in [0.29, 0.717) is 12.5 Å². The second-order valence-electron chi connectivity index (χ2n) is 6.74. The van der Waals surface area contributed by atoms with Gasteiger partial charge in [0.15, 0.2) is 0 Å². The minimum atomic E-state index is -0.270. The van der Waals surface area contributed by atoms with E-state index in [4.69, 9.17) is 4.74 Å². The molecule has 0 spiro atoms. The van der Waals surface area contributed by atoms with E-state index in [1.165, 1.54) is 6.07 Å². The number of carbonyl (C=O) groups is 1. The van der Waals surface area contributed by atoms with Crippen LogP contribution in [0.4, 0.5) is 9.18 Å². The molecule has 2 N–H and O–H groups in total. The molecule has 1 saturated heterocycles. The van der Waals surface area contributed by atoms with Gasteiger partial charge in [-0.05, 0) is 56.2 Å². The van der Waals surface area contributed by atoms with Gasteiger partial charge in [0.25, 0.3) is 0 Å². The predicted octanol–water partition coefficient (Wildman–Crippen LogP) is 2.94. The van der Waals surface area contributed by atoms with Crippen molar-refractivity contribution >= 4 is 6.03 Å². The molecule has 3 rings (SSSR count). The molecule has 5 heteroatoms. The first-order valence-corrected chi connectivity index (χ1v) is 7.96. The van der Waals surface area contributed by atoms with Gasteiger partial charge >= 0.3 is 6.03 Å². The number of nitrogens with one attached hydrogen (secondary N) is 2. The van der Waals surface area contributed by atoms with Crippen molar-refractivity contribution in [3.8, 4) is 0 Å². The highest BCUT2D eigenvalue weighted by Gasteiger charge is 2.34. The summed E-state index contributed by atoms with van der Waals surface area (Å²) in [4.78, 5) is 12.1. The monoisotopic (exact) mass is 306 g/mol. The Morgan fingerprint density at radius 3 is 2.91 bits per heavy atom. The normalized spacial score (nSPS) is 31.2. The first kappa shape index (κ1) is 15.3. The average molecular weight is 306 g/mol. The third kappa shape index (κ3) is 3.58. The molecule has 1 atom stereocenters. The van der Waals surface area contributed by atoms with Gasteiger partial charge < -0.3 is 15.4 Å². The summed E-state index contributed by atoms with van der Waals surface area (Å²) in [5, 5.41) is 6.03. The summed E-state index contributed by atoms with van der Waals surface area (Å²) in [7, 11) is 0. The number of amides is 2. The van der Waals surface area contributed by atoms with Crippen LogP contribution >= 0.6 is 0 Å². The molecule has 1 unspecified atom stereocenters. The molecule has 2 fully saturated rings. The van der Waals surface area contributed by atoms with Gasteiger partial charge in [0.1, 0.15) is 5.82 Å². The molecule has 4 nitrogen and oxygen atoms in total.